The predicted octanol–water partition coefficient (Wildman–Crippen LogP) is 2.42. The number of hydrogen-bond acceptors (Lipinski definition) is 6. The van der Waals surface area contributed by atoms with Gasteiger partial charge in [0.15, 0.2) is 0 Å². The van der Waals surface area contributed by atoms with Crippen molar-refractivity contribution >= 4 is 11.8 Å². The normalized spacial score (nSPS) is 19.9. The van der Waals surface area contributed by atoms with E-state index in [1.54, 1.807) is 23.6 Å². The number of rotatable bonds is 5. The van der Waals surface area contributed by atoms with Crippen molar-refractivity contribution in [1.29, 1.82) is 0 Å². The lowest BCUT2D eigenvalue weighted by Crippen LogP contribution is -2.39. The van der Waals surface area contributed by atoms with Crippen molar-refractivity contribution in [2.45, 2.75) is 38.3 Å². The summed E-state index contributed by atoms with van der Waals surface area (Å²) in [7, 11) is 0. The Morgan fingerprint density at radius 2 is 2.15 bits per heavy atom. The molecule has 144 valence electrons. The molecule has 0 spiro atoms. The van der Waals surface area contributed by atoms with E-state index in [9.17, 15) is 4.79 Å². The molecule has 2 aliphatic rings. The van der Waals surface area contributed by atoms with Crippen LogP contribution in [0.2, 0.25) is 0 Å². The van der Waals surface area contributed by atoms with Crippen molar-refractivity contribution in [1.82, 2.24) is 20.2 Å². The number of furan rings is 1. The number of nitrogens with zero attached hydrogens (tertiary/aromatic N) is 4. The highest BCUT2D eigenvalue weighted by atomic mass is 16.5. The number of aromatic nitrogens is 2. The first-order valence-corrected chi connectivity index (χ1v) is 9.57. The monoisotopic (exact) mass is 371 g/mol. The minimum Gasteiger partial charge on any atom is -0.472 e. The standard InChI is InChI=1S/C19H25N5O3/c25-19(20-12-15-5-4-10-26-15)24-9-6-16(13-24)27-18-11-17(21-14-22-18)23-7-2-1-3-8-23/h4-5,10-11,14,16H,1-3,6-9,12-13H2,(H,20,25). The Morgan fingerprint density at radius 3 is 2.96 bits per heavy atom. The molecule has 1 N–H and O–H groups in total. The summed E-state index contributed by atoms with van der Waals surface area (Å²) in [6, 6.07) is 5.45. The number of nitrogens with one attached hydrogen (secondary N) is 1. The largest absolute Gasteiger partial charge is 0.472 e. The van der Waals surface area contributed by atoms with E-state index in [1.165, 1.54) is 19.3 Å². The topological polar surface area (TPSA) is 83.7 Å². The lowest BCUT2D eigenvalue weighted by Gasteiger charge is -2.27. The second-order valence-corrected chi connectivity index (χ2v) is 6.97. The number of anilines is 1. The number of urea groups is 1. The van der Waals surface area contributed by atoms with Crippen LogP contribution in [0.25, 0.3) is 0 Å². The molecule has 0 radical (unpaired) electrons. The molecule has 27 heavy (non-hydrogen) atoms. The van der Waals surface area contributed by atoms with E-state index in [-0.39, 0.29) is 12.1 Å². The van der Waals surface area contributed by atoms with Gasteiger partial charge in [-0.15, -0.1) is 0 Å². The number of hydrogen-bond donors (Lipinski definition) is 1. The molecule has 2 aliphatic heterocycles. The van der Waals surface area contributed by atoms with E-state index >= 15 is 0 Å². The third-order valence-corrected chi connectivity index (χ3v) is 5.02. The maximum atomic E-state index is 12.3. The number of ether oxygens (including phenoxy) is 1. The second kappa shape index (κ2) is 8.28. The minimum atomic E-state index is -0.103. The maximum Gasteiger partial charge on any atom is 0.317 e. The zero-order valence-electron chi connectivity index (χ0n) is 15.3. The summed E-state index contributed by atoms with van der Waals surface area (Å²) < 4.78 is 11.3. The van der Waals surface area contributed by atoms with Crippen molar-refractivity contribution in [2.75, 3.05) is 31.1 Å². The quantitative estimate of drug-likeness (QED) is 0.869. The molecule has 0 aromatic carbocycles. The molecule has 4 rings (SSSR count). The van der Waals surface area contributed by atoms with Gasteiger partial charge in [0.1, 0.15) is 24.0 Å². The molecule has 4 heterocycles. The van der Waals surface area contributed by atoms with Crippen molar-refractivity contribution in [3.05, 3.63) is 36.5 Å². The zero-order valence-corrected chi connectivity index (χ0v) is 15.3. The van der Waals surface area contributed by atoms with Gasteiger partial charge in [0.05, 0.1) is 19.4 Å². The Bertz CT molecular complexity index is 746. The highest BCUT2D eigenvalue weighted by Gasteiger charge is 2.28. The highest BCUT2D eigenvalue weighted by Crippen LogP contribution is 2.22. The van der Waals surface area contributed by atoms with Crippen LogP contribution >= 0.6 is 0 Å². The first kappa shape index (κ1) is 17.6. The summed E-state index contributed by atoms with van der Waals surface area (Å²) in [5.74, 6) is 2.24. The molecule has 1 atom stereocenters. The number of piperidine rings is 1. The first-order valence-electron chi connectivity index (χ1n) is 9.57. The van der Waals surface area contributed by atoms with E-state index in [0.717, 1.165) is 31.1 Å². The molecule has 1 unspecified atom stereocenters. The molecule has 2 saturated heterocycles. The summed E-state index contributed by atoms with van der Waals surface area (Å²) in [6.07, 6.45) is 7.57. The van der Waals surface area contributed by atoms with Crippen LogP contribution in [0.4, 0.5) is 10.6 Å². The Balaban J connectivity index is 1.28. The van der Waals surface area contributed by atoms with Gasteiger partial charge in [-0.3, -0.25) is 0 Å². The van der Waals surface area contributed by atoms with Gasteiger partial charge < -0.3 is 24.3 Å². The van der Waals surface area contributed by atoms with Gasteiger partial charge in [-0.2, -0.15) is 0 Å². The van der Waals surface area contributed by atoms with Crippen LogP contribution < -0.4 is 15.0 Å². The average molecular weight is 371 g/mol. The van der Waals surface area contributed by atoms with Crippen LogP contribution in [-0.4, -0.2) is 53.2 Å². The molecule has 2 aromatic rings. The van der Waals surface area contributed by atoms with Gasteiger partial charge in [0.2, 0.25) is 5.88 Å². The average Bonchev–Trinajstić information content (AvgIpc) is 3.39. The molecular formula is C19H25N5O3. The zero-order chi connectivity index (χ0) is 18.5. The molecule has 2 fully saturated rings. The molecular weight excluding hydrogens is 346 g/mol. The van der Waals surface area contributed by atoms with E-state index < -0.39 is 0 Å². The Hall–Kier alpha value is -2.77. The van der Waals surface area contributed by atoms with Gasteiger partial charge in [-0.05, 0) is 31.4 Å². The number of likely N-dealkylation sites (tertiary alicyclic amines) is 1. The van der Waals surface area contributed by atoms with Crippen LogP contribution in [0.5, 0.6) is 5.88 Å². The van der Waals surface area contributed by atoms with E-state index in [4.69, 9.17) is 9.15 Å². The molecule has 0 aliphatic carbocycles. The third-order valence-electron chi connectivity index (χ3n) is 5.02. The van der Waals surface area contributed by atoms with Crippen molar-refractivity contribution in [2.24, 2.45) is 0 Å². The van der Waals surface area contributed by atoms with Gasteiger partial charge in [-0.1, -0.05) is 0 Å². The molecule has 0 saturated carbocycles. The Morgan fingerprint density at radius 1 is 1.26 bits per heavy atom. The third kappa shape index (κ3) is 4.50. The van der Waals surface area contributed by atoms with Gasteiger partial charge in [0.25, 0.3) is 0 Å². The SMILES string of the molecule is O=C(NCc1ccco1)N1CCC(Oc2cc(N3CCCCC3)ncn2)C1. The van der Waals surface area contributed by atoms with Crippen molar-refractivity contribution in [3.8, 4) is 5.88 Å². The fraction of sp³-hybridized carbons (Fsp3) is 0.526. The molecule has 0 bridgehead atoms. The fourth-order valence-electron chi connectivity index (χ4n) is 3.56. The highest BCUT2D eigenvalue weighted by molar-refractivity contribution is 5.74. The number of carbonyl (C=O) groups is 1. The minimum absolute atomic E-state index is 0.0523. The summed E-state index contributed by atoms with van der Waals surface area (Å²) >= 11 is 0. The summed E-state index contributed by atoms with van der Waals surface area (Å²) in [5.41, 5.74) is 0. The van der Waals surface area contributed by atoms with Crippen LogP contribution in [0, 0.1) is 0 Å². The Kier molecular flexibility index (Phi) is 5.41. The van der Waals surface area contributed by atoms with E-state index in [1.807, 2.05) is 12.1 Å². The van der Waals surface area contributed by atoms with Crippen LogP contribution in [0.3, 0.4) is 0 Å². The lowest BCUT2D eigenvalue weighted by atomic mass is 10.1. The fourth-order valence-corrected chi connectivity index (χ4v) is 3.56. The maximum absolute atomic E-state index is 12.3. The Labute approximate surface area is 158 Å². The summed E-state index contributed by atoms with van der Waals surface area (Å²) in [5, 5.41) is 2.87. The molecule has 8 heteroatoms. The van der Waals surface area contributed by atoms with Crippen LogP contribution in [0.15, 0.2) is 35.2 Å². The smallest absolute Gasteiger partial charge is 0.317 e. The number of carbonyl (C=O) groups excluding carboxylic acids is 1. The first-order chi connectivity index (χ1) is 13.3. The molecule has 2 aromatic heterocycles. The van der Waals surface area contributed by atoms with Crippen LogP contribution in [-0.2, 0) is 6.54 Å². The van der Waals surface area contributed by atoms with E-state index in [2.05, 4.69) is 20.2 Å². The van der Waals surface area contributed by atoms with Crippen molar-refractivity contribution in [3.63, 3.8) is 0 Å². The van der Waals surface area contributed by atoms with Crippen LogP contribution in [0.1, 0.15) is 31.4 Å². The van der Waals surface area contributed by atoms with Gasteiger partial charge in [0, 0.05) is 32.1 Å². The summed E-state index contributed by atoms with van der Waals surface area (Å²) in [6.45, 7) is 3.66. The molecule has 2 amide bonds. The van der Waals surface area contributed by atoms with Crippen molar-refractivity contribution < 1.29 is 13.9 Å². The van der Waals surface area contributed by atoms with Gasteiger partial charge in [-0.25, -0.2) is 14.8 Å². The lowest BCUT2D eigenvalue weighted by molar-refractivity contribution is 0.182. The van der Waals surface area contributed by atoms with E-state index in [0.29, 0.717) is 25.5 Å². The molecule has 8 nitrogen and oxygen atoms in total. The number of amides is 2. The second-order valence-electron chi connectivity index (χ2n) is 6.97. The summed E-state index contributed by atoms with van der Waals surface area (Å²) in [4.78, 5) is 25.0. The van der Waals surface area contributed by atoms with Gasteiger partial charge >= 0.3 is 6.03 Å². The predicted molar refractivity (Wildman–Crippen MR) is 99.6 cm³/mol.